The fourth-order valence-electron chi connectivity index (χ4n) is 3.13. The van der Waals surface area contributed by atoms with Gasteiger partial charge >= 0.3 is 0 Å². The summed E-state index contributed by atoms with van der Waals surface area (Å²) >= 11 is 0. The maximum absolute atomic E-state index is 2.64. The van der Waals surface area contributed by atoms with E-state index >= 15 is 0 Å². The Balaban J connectivity index is 1.90. The highest BCUT2D eigenvalue weighted by molar-refractivity contribution is 5.29. The van der Waals surface area contributed by atoms with Crippen LogP contribution in [0, 0.1) is 12.8 Å². The molecule has 2 aliphatic rings. The van der Waals surface area contributed by atoms with E-state index in [0.717, 1.165) is 12.5 Å². The molecule has 0 aliphatic carbocycles. The number of piperidine rings is 1. The van der Waals surface area contributed by atoms with Crippen LogP contribution in [0.2, 0.25) is 0 Å². The third-order valence-electron chi connectivity index (χ3n) is 4.02. The molecule has 1 fully saturated rings. The van der Waals surface area contributed by atoms with Crippen LogP contribution in [0.3, 0.4) is 0 Å². The predicted molar refractivity (Wildman–Crippen MR) is 67.4 cm³/mol. The Labute approximate surface area is 97.8 Å². The average Bonchev–Trinajstić information content (AvgIpc) is 2.31. The fourth-order valence-corrected chi connectivity index (χ4v) is 3.13. The van der Waals surface area contributed by atoms with Gasteiger partial charge in [-0.15, -0.1) is 0 Å². The van der Waals surface area contributed by atoms with Gasteiger partial charge in [0.1, 0.15) is 0 Å². The van der Waals surface area contributed by atoms with Gasteiger partial charge in [0.05, 0.1) is 0 Å². The minimum Gasteiger partial charge on any atom is -0.292 e. The number of rotatable bonds is 1. The van der Waals surface area contributed by atoms with Crippen molar-refractivity contribution < 1.29 is 0 Å². The number of hydrogen-bond donors (Lipinski definition) is 0. The number of fused-ring (bicyclic) bond motifs is 2. The molecule has 1 heteroatoms. The van der Waals surface area contributed by atoms with E-state index in [1.165, 1.54) is 30.5 Å². The monoisotopic (exact) mass is 213 g/mol. The molecule has 3 atom stereocenters. The Kier molecular flexibility index (Phi) is 2.56. The molecule has 2 aliphatic heterocycles. The van der Waals surface area contributed by atoms with Gasteiger partial charge in [0.2, 0.25) is 0 Å². The molecule has 0 spiro atoms. The van der Waals surface area contributed by atoms with Crippen LogP contribution >= 0.6 is 0 Å². The van der Waals surface area contributed by atoms with Crippen LogP contribution in [0.4, 0.5) is 0 Å². The van der Waals surface area contributed by atoms with E-state index < -0.39 is 0 Å². The molecule has 3 rings (SSSR count). The van der Waals surface area contributed by atoms with Gasteiger partial charge < -0.3 is 0 Å². The lowest BCUT2D eigenvalue weighted by atomic mass is 9.85. The van der Waals surface area contributed by atoms with Crippen LogP contribution in [-0.2, 0) is 0 Å². The summed E-state index contributed by atoms with van der Waals surface area (Å²) in [7, 11) is 0. The van der Waals surface area contributed by atoms with Crippen molar-refractivity contribution in [2.24, 2.45) is 5.92 Å². The molecule has 0 radical (unpaired) electrons. The average molecular weight is 213 g/mol. The lowest BCUT2D eigenvalue weighted by Crippen LogP contribution is -2.40. The lowest BCUT2D eigenvalue weighted by molar-refractivity contribution is 0.128. The van der Waals surface area contributed by atoms with Crippen molar-refractivity contribution in [3.05, 3.63) is 47.5 Å². The summed E-state index contributed by atoms with van der Waals surface area (Å²) in [5.41, 5.74) is 2.98. The Morgan fingerprint density at radius 3 is 2.94 bits per heavy atom. The molecule has 2 bridgehead atoms. The van der Waals surface area contributed by atoms with Crippen LogP contribution in [0.1, 0.15) is 30.0 Å². The molecule has 1 aromatic rings. The Hall–Kier alpha value is -1.08. The maximum Gasteiger partial charge on any atom is 0.0354 e. The van der Waals surface area contributed by atoms with Gasteiger partial charge in [-0.1, -0.05) is 36.4 Å². The normalized spacial score (nSPS) is 32.7. The summed E-state index contributed by atoms with van der Waals surface area (Å²) in [4.78, 5) is 2.64. The molecule has 1 nitrogen and oxygen atoms in total. The molecule has 0 aromatic heterocycles. The largest absolute Gasteiger partial charge is 0.292 e. The zero-order chi connectivity index (χ0) is 11.0. The minimum atomic E-state index is 0.655. The highest BCUT2D eigenvalue weighted by atomic mass is 15.2. The quantitative estimate of drug-likeness (QED) is 0.647. The first-order valence-electron chi connectivity index (χ1n) is 6.31. The SMILES string of the molecule is Cc1ccccc1C1CCC2C=CCN1C2. The second-order valence-corrected chi connectivity index (χ2v) is 5.09. The molecule has 2 heterocycles. The summed E-state index contributed by atoms with van der Waals surface area (Å²) in [5, 5.41) is 0. The van der Waals surface area contributed by atoms with E-state index in [-0.39, 0.29) is 0 Å². The third kappa shape index (κ3) is 1.69. The van der Waals surface area contributed by atoms with Crippen LogP contribution < -0.4 is 0 Å². The highest BCUT2D eigenvalue weighted by Gasteiger charge is 2.30. The molecule has 1 aromatic carbocycles. The van der Waals surface area contributed by atoms with Gasteiger partial charge in [-0.25, -0.2) is 0 Å². The zero-order valence-electron chi connectivity index (χ0n) is 9.89. The van der Waals surface area contributed by atoms with E-state index in [1.807, 2.05) is 0 Å². The Morgan fingerprint density at radius 2 is 2.06 bits per heavy atom. The van der Waals surface area contributed by atoms with E-state index in [9.17, 15) is 0 Å². The summed E-state index contributed by atoms with van der Waals surface area (Å²) in [6, 6.07) is 9.51. The van der Waals surface area contributed by atoms with Crippen molar-refractivity contribution in [1.29, 1.82) is 0 Å². The molecule has 84 valence electrons. The molecule has 1 saturated heterocycles. The number of aryl methyl sites for hydroxylation is 1. The smallest absolute Gasteiger partial charge is 0.0354 e. The van der Waals surface area contributed by atoms with Crippen LogP contribution in [0.5, 0.6) is 0 Å². The standard InChI is InChI=1S/C15H19N/c1-12-5-2-3-7-14(12)15-9-8-13-6-4-10-16(15)11-13/h2-7,13,15H,8-11H2,1H3. The molecule has 3 unspecified atom stereocenters. The van der Waals surface area contributed by atoms with Crippen molar-refractivity contribution in [2.75, 3.05) is 13.1 Å². The first kappa shape index (κ1) is 10.1. The van der Waals surface area contributed by atoms with Crippen molar-refractivity contribution in [3.63, 3.8) is 0 Å². The third-order valence-corrected chi connectivity index (χ3v) is 4.02. The lowest BCUT2D eigenvalue weighted by Gasteiger charge is -2.41. The van der Waals surface area contributed by atoms with Crippen LogP contribution in [0.25, 0.3) is 0 Å². The van der Waals surface area contributed by atoms with E-state index in [2.05, 4.69) is 48.2 Å². The molecular weight excluding hydrogens is 194 g/mol. The molecule has 16 heavy (non-hydrogen) atoms. The Bertz CT molecular complexity index is 408. The number of benzene rings is 1. The molecule has 0 saturated carbocycles. The van der Waals surface area contributed by atoms with Crippen LogP contribution in [0.15, 0.2) is 36.4 Å². The molecule has 0 amide bonds. The maximum atomic E-state index is 2.64. The Morgan fingerprint density at radius 1 is 1.19 bits per heavy atom. The van der Waals surface area contributed by atoms with Gasteiger partial charge in [-0.2, -0.15) is 0 Å². The minimum absolute atomic E-state index is 0.655. The van der Waals surface area contributed by atoms with E-state index in [0.29, 0.717) is 6.04 Å². The van der Waals surface area contributed by atoms with E-state index in [1.54, 1.807) is 0 Å². The number of hydrogen-bond acceptors (Lipinski definition) is 1. The summed E-state index contributed by atoms with van der Waals surface area (Å²) in [6.07, 6.45) is 7.43. The van der Waals surface area contributed by atoms with Gasteiger partial charge in [0.15, 0.2) is 0 Å². The summed E-state index contributed by atoms with van der Waals surface area (Å²) in [6.45, 7) is 4.63. The van der Waals surface area contributed by atoms with Gasteiger partial charge in [-0.05, 0) is 36.8 Å². The highest BCUT2D eigenvalue weighted by Crippen LogP contribution is 2.36. The topological polar surface area (TPSA) is 3.24 Å². The summed E-state index contributed by atoms with van der Waals surface area (Å²) in [5.74, 6) is 0.814. The van der Waals surface area contributed by atoms with E-state index in [4.69, 9.17) is 0 Å². The predicted octanol–water partition coefficient (Wildman–Crippen LogP) is 3.32. The van der Waals surface area contributed by atoms with Gasteiger partial charge in [0, 0.05) is 19.1 Å². The molecule has 0 N–H and O–H groups in total. The fraction of sp³-hybridized carbons (Fsp3) is 0.467. The first-order valence-corrected chi connectivity index (χ1v) is 6.31. The summed E-state index contributed by atoms with van der Waals surface area (Å²) < 4.78 is 0. The molecular formula is C15H19N. The van der Waals surface area contributed by atoms with Gasteiger partial charge in [0.25, 0.3) is 0 Å². The second kappa shape index (κ2) is 4.06. The first-order chi connectivity index (χ1) is 7.84. The number of nitrogens with zero attached hydrogens (tertiary/aromatic N) is 1. The van der Waals surface area contributed by atoms with Crippen molar-refractivity contribution in [2.45, 2.75) is 25.8 Å². The van der Waals surface area contributed by atoms with Crippen molar-refractivity contribution >= 4 is 0 Å². The van der Waals surface area contributed by atoms with Crippen molar-refractivity contribution in [1.82, 2.24) is 4.90 Å². The van der Waals surface area contributed by atoms with Crippen LogP contribution in [-0.4, -0.2) is 18.0 Å². The van der Waals surface area contributed by atoms with Crippen molar-refractivity contribution in [3.8, 4) is 0 Å². The zero-order valence-corrected chi connectivity index (χ0v) is 9.89. The van der Waals surface area contributed by atoms with Gasteiger partial charge in [-0.3, -0.25) is 4.90 Å². The second-order valence-electron chi connectivity index (χ2n) is 5.09.